The number of carbonyl (C=O) groups is 1. The predicted octanol–water partition coefficient (Wildman–Crippen LogP) is 4.34. The topological polar surface area (TPSA) is 63.2 Å². The van der Waals surface area contributed by atoms with Crippen molar-refractivity contribution in [2.24, 2.45) is 0 Å². The standard InChI is InChI=1S/C22H22FN3O2/c1-2-28-20-9-7-19(8-10-20)26-21-15-17(12-14-24-21)22(27)25-13-11-16-3-5-18(23)6-4-16/h3-10,12,14-15H,2,11,13H2,1H3,(H,24,26)(H,25,27). The number of rotatable bonds is 8. The molecule has 144 valence electrons. The first-order valence-electron chi connectivity index (χ1n) is 9.12. The summed E-state index contributed by atoms with van der Waals surface area (Å²) in [6, 6.07) is 17.2. The molecule has 3 rings (SSSR count). The first-order chi connectivity index (χ1) is 13.6. The van der Waals surface area contributed by atoms with Crippen molar-refractivity contribution in [3.63, 3.8) is 0 Å². The number of nitrogens with one attached hydrogen (secondary N) is 2. The smallest absolute Gasteiger partial charge is 0.251 e. The largest absolute Gasteiger partial charge is 0.494 e. The van der Waals surface area contributed by atoms with Crippen molar-refractivity contribution < 1.29 is 13.9 Å². The number of pyridine rings is 1. The predicted molar refractivity (Wildman–Crippen MR) is 108 cm³/mol. The highest BCUT2D eigenvalue weighted by Gasteiger charge is 2.07. The van der Waals surface area contributed by atoms with Crippen molar-refractivity contribution in [2.45, 2.75) is 13.3 Å². The Hall–Kier alpha value is -3.41. The molecule has 0 saturated heterocycles. The third-order valence-corrected chi connectivity index (χ3v) is 4.07. The molecule has 1 heterocycles. The molecule has 0 saturated carbocycles. The summed E-state index contributed by atoms with van der Waals surface area (Å²) in [7, 11) is 0. The molecule has 3 aromatic rings. The van der Waals surface area contributed by atoms with Gasteiger partial charge in [0.15, 0.2) is 0 Å². The molecule has 0 aliphatic rings. The minimum Gasteiger partial charge on any atom is -0.494 e. The molecule has 0 bridgehead atoms. The molecular formula is C22H22FN3O2. The number of aromatic nitrogens is 1. The summed E-state index contributed by atoms with van der Waals surface area (Å²) in [5.74, 6) is 0.932. The summed E-state index contributed by atoms with van der Waals surface area (Å²) in [4.78, 5) is 16.6. The zero-order valence-corrected chi connectivity index (χ0v) is 15.6. The molecule has 0 aliphatic heterocycles. The average molecular weight is 379 g/mol. The molecular weight excluding hydrogens is 357 g/mol. The number of anilines is 2. The molecule has 0 spiro atoms. The van der Waals surface area contributed by atoms with Crippen LogP contribution in [0.25, 0.3) is 0 Å². The number of halogens is 1. The molecule has 0 atom stereocenters. The van der Waals surface area contributed by atoms with E-state index in [1.54, 1.807) is 30.5 Å². The van der Waals surface area contributed by atoms with Gasteiger partial charge in [-0.3, -0.25) is 4.79 Å². The van der Waals surface area contributed by atoms with Gasteiger partial charge < -0.3 is 15.4 Å². The summed E-state index contributed by atoms with van der Waals surface area (Å²) in [5, 5.41) is 6.04. The van der Waals surface area contributed by atoms with Crippen molar-refractivity contribution in [1.82, 2.24) is 10.3 Å². The quantitative estimate of drug-likeness (QED) is 0.611. The second-order valence-electron chi connectivity index (χ2n) is 6.14. The van der Waals surface area contributed by atoms with Gasteiger partial charge in [0.2, 0.25) is 0 Å². The highest BCUT2D eigenvalue weighted by molar-refractivity contribution is 5.94. The van der Waals surface area contributed by atoms with E-state index < -0.39 is 0 Å². The van der Waals surface area contributed by atoms with Crippen LogP contribution in [-0.2, 0) is 6.42 Å². The summed E-state index contributed by atoms with van der Waals surface area (Å²) in [5.41, 5.74) is 2.33. The van der Waals surface area contributed by atoms with E-state index in [0.717, 1.165) is 17.0 Å². The van der Waals surface area contributed by atoms with Crippen molar-refractivity contribution in [1.29, 1.82) is 0 Å². The molecule has 2 aromatic carbocycles. The fourth-order valence-electron chi connectivity index (χ4n) is 2.66. The Kier molecular flexibility index (Phi) is 6.57. The molecule has 0 unspecified atom stereocenters. The van der Waals surface area contributed by atoms with Gasteiger partial charge in [-0.25, -0.2) is 9.37 Å². The molecule has 5 nitrogen and oxygen atoms in total. The molecule has 0 fully saturated rings. The summed E-state index contributed by atoms with van der Waals surface area (Å²) in [6.45, 7) is 3.02. The van der Waals surface area contributed by atoms with Crippen LogP contribution < -0.4 is 15.4 Å². The number of ether oxygens (including phenoxy) is 1. The number of hydrogen-bond donors (Lipinski definition) is 2. The van der Waals surface area contributed by atoms with E-state index in [0.29, 0.717) is 31.0 Å². The lowest BCUT2D eigenvalue weighted by Gasteiger charge is -2.09. The number of amides is 1. The molecule has 0 radical (unpaired) electrons. The van der Waals surface area contributed by atoms with Crippen molar-refractivity contribution in [2.75, 3.05) is 18.5 Å². The number of hydrogen-bond acceptors (Lipinski definition) is 4. The molecule has 6 heteroatoms. The van der Waals surface area contributed by atoms with Crippen LogP contribution in [0.2, 0.25) is 0 Å². The van der Waals surface area contributed by atoms with E-state index in [4.69, 9.17) is 4.74 Å². The molecule has 28 heavy (non-hydrogen) atoms. The first kappa shape index (κ1) is 19.4. The van der Waals surface area contributed by atoms with Crippen molar-refractivity contribution in [3.8, 4) is 5.75 Å². The van der Waals surface area contributed by atoms with Crippen LogP contribution in [0.15, 0.2) is 66.9 Å². The van der Waals surface area contributed by atoms with Crippen LogP contribution in [-0.4, -0.2) is 24.0 Å². The second kappa shape index (κ2) is 9.50. The van der Waals surface area contributed by atoms with E-state index in [2.05, 4.69) is 15.6 Å². The van der Waals surface area contributed by atoms with E-state index in [1.807, 2.05) is 31.2 Å². The fraction of sp³-hybridized carbons (Fsp3) is 0.182. The van der Waals surface area contributed by atoms with Crippen LogP contribution >= 0.6 is 0 Å². The van der Waals surface area contributed by atoms with Crippen LogP contribution in [0, 0.1) is 5.82 Å². The zero-order chi connectivity index (χ0) is 19.8. The van der Waals surface area contributed by atoms with Crippen molar-refractivity contribution in [3.05, 3.63) is 83.8 Å². The summed E-state index contributed by atoms with van der Waals surface area (Å²) < 4.78 is 18.3. The Morgan fingerprint density at radius 3 is 2.54 bits per heavy atom. The SMILES string of the molecule is CCOc1ccc(Nc2cc(C(=O)NCCc3ccc(F)cc3)ccn2)cc1. The van der Waals surface area contributed by atoms with Gasteiger partial charge in [-0.1, -0.05) is 12.1 Å². The maximum absolute atomic E-state index is 12.9. The summed E-state index contributed by atoms with van der Waals surface area (Å²) >= 11 is 0. The average Bonchev–Trinajstić information content (AvgIpc) is 2.71. The van der Waals surface area contributed by atoms with Crippen LogP contribution in [0.4, 0.5) is 15.9 Å². The first-order valence-corrected chi connectivity index (χ1v) is 9.12. The Bertz CT molecular complexity index is 912. The van der Waals surface area contributed by atoms with E-state index in [9.17, 15) is 9.18 Å². The maximum Gasteiger partial charge on any atom is 0.251 e. The third-order valence-electron chi connectivity index (χ3n) is 4.07. The Morgan fingerprint density at radius 2 is 1.82 bits per heavy atom. The van der Waals surface area contributed by atoms with E-state index in [-0.39, 0.29) is 11.7 Å². The normalized spacial score (nSPS) is 10.4. The zero-order valence-electron chi connectivity index (χ0n) is 15.6. The lowest BCUT2D eigenvalue weighted by molar-refractivity contribution is 0.0954. The van der Waals surface area contributed by atoms with Gasteiger partial charge in [-0.15, -0.1) is 0 Å². The molecule has 0 aliphatic carbocycles. The fourth-order valence-corrected chi connectivity index (χ4v) is 2.66. The Labute approximate surface area is 163 Å². The number of benzene rings is 2. The van der Waals surface area contributed by atoms with E-state index >= 15 is 0 Å². The third kappa shape index (κ3) is 5.54. The van der Waals surface area contributed by atoms with Gasteiger partial charge in [-0.05, 0) is 67.4 Å². The van der Waals surface area contributed by atoms with Crippen LogP contribution in [0.3, 0.4) is 0 Å². The molecule has 2 N–H and O–H groups in total. The highest BCUT2D eigenvalue weighted by Crippen LogP contribution is 2.19. The molecule has 1 aromatic heterocycles. The summed E-state index contributed by atoms with van der Waals surface area (Å²) in [6.07, 6.45) is 2.22. The number of carbonyl (C=O) groups excluding carboxylic acids is 1. The van der Waals surface area contributed by atoms with Gasteiger partial charge in [0.1, 0.15) is 17.4 Å². The van der Waals surface area contributed by atoms with Gasteiger partial charge in [-0.2, -0.15) is 0 Å². The van der Waals surface area contributed by atoms with Gasteiger partial charge in [0.05, 0.1) is 6.61 Å². The van der Waals surface area contributed by atoms with Gasteiger partial charge in [0.25, 0.3) is 5.91 Å². The minimum absolute atomic E-state index is 0.181. The highest BCUT2D eigenvalue weighted by atomic mass is 19.1. The lowest BCUT2D eigenvalue weighted by Crippen LogP contribution is -2.25. The Morgan fingerprint density at radius 1 is 1.07 bits per heavy atom. The molecule has 1 amide bonds. The Balaban J connectivity index is 1.55. The van der Waals surface area contributed by atoms with Gasteiger partial charge in [0, 0.05) is 24.0 Å². The number of nitrogens with zero attached hydrogens (tertiary/aromatic N) is 1. The van der Waals surface area contributed by atoms with E-state index in [1.165, 1.54) is 12.1 Å². The lowest BCUT2D eigenvalue weighted by atomic mass is 10.1. The van der Waals surface area contributed by atoms with Crippen LogP contribution in [0.5, 0.6) is 5.75 Å². The minimum atomic E-state index is -0.267. The van der Waals surface area contributed by atoms with Crippen LogP contribution in [0.1, 0.15) is 22.8 Å². The second-order valence-corrected chi connectivity index (χ2v) is 6.14. The maximum atomic E-state index is 12.9. The van der Waals surface area contributed by atoms with Gasteiger partial charge >= 0.3 is 0 Å². The monoisotopic (exact) mass is 379 g/mol. The van der Waals surface area contributed by atoms with Crippen molar-refractivity contribution >= 4 is 17.4 Å².